The lowest BCUT2D eigenvalue weighted by atomic mass is 9.77. The molecule has 3 nitrogen and oxygen atoms in total. The van der Waals surface area contributed by atoms with Gasteiger partial charge in [0.1, 0.15) is 16.8 Å². The molecule has 1 unspecified atom stereocenters. The van der Waals surface area contributed by atoms with Crippen LogP contribution in [0.5, 0.6) is 0 Å². The number of nitriles is 1. The summed E-state index contributed by atoms with van der Waals surface area (Å²) in [6, 6.07) is 5.93. The number of nitrogens with zero attached hydrogens (tertiary/aromatic N) is 2. The average Bonchev–Trinajstić information content (AvgIpc) is 2.90. The highest BCUT2D eigenvalue weighted by Gasteiger charge is 2.33. The molecule has 0 radical (unpaired) electrons. The Kier molecular flexibility index (Phi) is 2.85. The molecule has 3 rings (SSSR count). The quantitative estimate of drug-likeness (QED) is 0.722. The van der Waals surface area contributed by atoms with Crippen LogP contribution in [0.3, 0.4) is 0 Å². The van der Waals surface area contributed by atoms with Gasteiger partial charge in [-0.2, -0.15) is 5.26 Å². The van der Waals surface area contributed by atoms with Gasteiger partial charge >= 0.3 is 0 Å². The van der Waals surface area contributed by atoms with Gasteiger partial charge < -0.3 is 4.42 Å². The Morgan fingerprint density at radius 3 is 3.06 bits per heavy atom. The molecule has 1 fully saturated rings. The monoisotopic (exact) mass is 256 g/mol. The Balaban J connectivity index is 2.15. The number of rotatable bonds is 1. The second kappa shape index (κ2) is 4.51. The van der Waals surface area contributed by atoms with Crippen LogP contribution in [0.15, 0.2) is 33.4 Å². The Hall–Kier alpha value is -1.73. The molecular weight excluding hydrogens is 244 g/mol. The van der Waals surface area contributed by atoms with Gasteiger partial charge in [0.2, 0.25) is 0 Å². The van der Waals surface area contributed by atoms with Crippen molar-refractivity contribution in [1.82, 2.24) is 0 Å². The van der Waals surface area contributed by atoms with Gasteiger partial charge in [0.15, 0.2) is 0 Å². The zero-order valence-electron chi connectivity index (χ0n) is 9.85. The lowest BCUT2D eigenvalue weighted by Crippen LogP contribution is -2.27. The second-order valence-electron chi connectivity index (χ2n) is 4.58. The van der Waals surface area contributed by atoms with Gasteiger partial charge in [-0.05, 0) is 31.4 Å². The second-order valence-corrected chi connectivity index (χ2v) is 4.97. The highest BCUT2D eigenvalue weighted by atomic mass is 32.1. The molecule has 0 bridgehead atoms. The molecule has 0 spiro atoms. The van der Waals surface area contributed by atoms with Crippen molar-refractivity contribution in [3.8, 4) is 6.07 Å². The van der Waals surface area contributed by atoms with Crippen LogP contribution in [0.25, 0.3) is 5.57 Å². The number of allylic oxidation sites excluding steroid dienone is 1. The first-order valence-electron chi connectivity index (χ1n) is 6.11. The van der Waals surface area contributed by atoms with Crippen molar-refractivity contribution in [1.29, 1.82) is 5.26 Å². The van der Waals surface area contributed by atoms with E-state index in [-0.39, 0.29) is 5.92 Å². The first-order chi connectivity index (χ1) is 8.81. The molecule has 1 aliphatic heterocycles. The van der Waals surface area contributed by atoms with Gasteiger partial charge in [-0.25, -0.2) is 4.99 Å². The van der Waals surface area contributed by atoms with E-state index in [1.165, 1.54) is 6.42 Å². The standard InChI is InChI=1S/C14H12N2OS/c15-8-10-13(12-6-3-7-17-12)9-4-1-2-5-11(9)16-14(10)18/h3,6-7,9H,1-2,4-5H2. The van der Waals surface area contributed by atoms with E-state index in [1.54, 1.807) is 6.26 Å². The molecule has 2 aliphatic rings. The van der Waals surface area contributed by atoms with Crippen LogP contribution in [0.1, 0.15) is 31.4 Å². The number of fused-ring (bicyclic) bond motifs is 1. The Bertz CT molecular complexity index is 590. The third-order valence-electron chi connectivity index (χ3n) is 3.55. The van der Waals surface area contributed by atoms with Crippen LogP contribution in [-0.2, 0) is 0 Å². The van der Waals surface area contributed by atoms with Crippen molar-refractivity contribution in [3.05, 3.63) is 29.7 Å². The van der Waals surface area contributed by atoms with Crippen LogP contribution >= 0.6 is 12.2 Å². The summed E-state index contributed by atoms with van der Waals surface area (Å²) in [6.45, 7) is 0. The third kappa shape index (κ3) is 1.72. The number of hydrogen-bond donors (Lipinski definition) is 0. The Morgan fingerprint density at radius 1 is 1.44 bits per heavy atom. The van der Waals surface area contributed by atoms with Crippen LogP contribution in [0.2, 0.25) is 0 Å². The Morgan fingerprint density at radius 2 is 2.33 bits per heavy atom. The fraction of sp³-hybridized carbons (Fsp3) is 0.357. The van der Waals surface area contributed by atoms with Crippen molar-refractivity contribution < 1.29 is 4.42 Å². The molecule has 1 aromatic rings. The summed E-state index contributed by atoms with van der Waals surface area (Å²) < 4.78 is 5.48. The van der Waals surface area contributed by atoms with E-state index in [0.29, 0.717) is 10.6 Å². The molecule has 1 aromatic heterocycles. The summed E-state index contributed by atoms with van der Waals surface area (Å²) in [5.74, 6) is 0.972. The fourth-order valence-electron chi connectivity index (χ4n) is 2.75. The predicted molar refractivity (Wildman–Crippen MR) is 73.2 cm³/mol. The van der Waals surface area contributed by atoms with Crippen molar-refractivity contribution in [2.45, 2.75) is 25.7 Å². The van der Waals surface area contributed by atoms with E-state index in [0.717, 1.165) is 36.3 Å². The highest BCUT2D eigenvalue weighted by Crippen LogP contribution is 2.39. The van der Waals surface area contributed by atoms with Crippen LogP contribution in [0.4, 0.5) is 0 Å². The lowest BCUT2D eigenvalue weighted by molar-refractivity contribution is 0.533. The van der Waals surface area contributed by atoms with Gasteiger partial charge in [0.05, 0.1) is 11.8 Å². The smallest absolute Gasteiger partial charge is 0.144 e. The fourth-order valence-corrected chi connectivity index (χ4v) is 3.02. The number of dihydropyridines is 1. The molecule has 4 heteroatoms. The van der Waals surface area contributed by atoms with E-state index >= 15 is 0 Å². The highest BCUT2D eigenvalue weighted by molar-refractivity contribution is 7.80. The average molecular weight is 256 g/mol. The molecule has 1 aliphatic carbocycles. The summed E-state index contributed by atoms with van der Waals surface area (Å²) in [5, 5.41) is 9.31. The molecule has 0 N–H and O–H groups in total. The predicted octanol–water partition coefficient (Wildman–Crippen LogP) is 3.53. The number of aliphatic imine (C=N–C) groups is 1. The molecule has 2 heterocycles. The largest absolute Gasteiger partial charge is 0.465 e. The maximum atomic E-state index is 9.31. The molecule has 18 heavy (non-hydrogen) atoms. The number of thiocarbonyl (C=S) groups is 1. The zero-order valence-corrected chi connectivity index (χ0v) is 10.7. The van der Waals surface area contributed by atoms with Crippen LogP contribution in [0, 0.1) is 17.2 Å². The van der Waals surface area contributed by atoms with Crippen molar-refractivity contribution >= 4 is 28.5 Å². The minimum absolute atomic E-state index is 0.214. The van der Waals surface area contributed by atoms with Crippen molar-refractivity contribution in [2.24, 2.45) is 10.9 Å². The molecule has 1 atom stereocenters. The van der Waals surface area contributed by atoms with Crippen molar-refractivity contribution in [3.63, 3.8) is 0 Å². The molecular formula is C14H12N2OS. The summed E-state index contributed by atoms with van der Waals surface area (Å²) in [7, 11) is 0. The van der Waals surface area contributed by atoms with E-state index in [4.69, 9.17) is 16.6 Å². The normalized spacial score (nSPS) is 23.4. The summed E-state index contributed by atoms with van der Waals surface area (Å²) in [5.41, 5.74) is 2.57. The topological polar surface area (TPSA) is 49.3 Å². The minimum atomic E-state index is 0.214. The molecule has 0 saturated heterocycles. The first kappa shape index (κ1) is 11.4. The van der Waals surface area contributed by atoms with Crippen LogP contribution < -0.4 is 0 Å². The van der Waals surface area contributed by atoms with E-state index in [1.807, 2.05) is 12.1 Å². The van der Waals surface area contributed by atoms with Crippen LogP contribution in [-0.4, -0.2) is 10.7 Å². The summed E-state index contributed by atoms with van der Waals surface area (Å²) in [6.07, 6.45) is 5.97. The Labute approximate surface area is 111 Å². The minimum Gasteiger partial charge on any atom is -0.465 e. The number of furan rings is 1. The summed E-state index contributed by atoms with van der Waals surface area (Å²) >= 11 is 5.24. The third-order valence-corrected chi connectivity index (χ3v) is 3.85. The zero-order chi connectivity index (χ0) is 12.5. The van der Waals surface area contributed by atoms with Crippen molar-refractivity contribution in [2.75, 3.05) is 0 Å². The van der Waals surface area contributed by atoms with Gasteiger partial charge in [-0.3, -0.25) is 0 Å². The molecule has 90 valence electrons. The van der Waals surface area contributed by atoms with Gasteiger partial charge in [-0.15, -0.1) is 0 Å². The molecule has 0 aromatic carbocycles. The maximum Gasteiger partial charge on any atom is 0.144 e. The van der Waals surface area contributed by atoms with E-state index in [2.05, 4.69) is 11.1 Å². The lowest BCUT2D eigenvalue weighted by Gasteiger charge is -2.29. The summed E-state index contributed by atoms with van der Waals surface area (Å²) in [4.78, 5) is 4.86. The first-order valence-corrected chi connectivity index (χ1v) is 6.52. The van der Waals surface area contributed by atoms with Gasteiger partial charge in [0.25, 0.3) is 0 Å². The van der Waals surface area contributed by atoms with E-state index < -0.39 is 0 Å². The van der Waals surface area contributed by atoms with Gasteiger partial charge in [-0.1, -0.05) is 18.6 Å². The van der Waals surface area contributed by atoms with Gasteiger partial charge in [0, 0.05) is 17.2 Å². The van der Waals surface area contributed by atoms with E-state index in [9.17, 15) is 5.26 Å². The SMILES string of the molecule is N#CC1=C(c2ccco2)C2CCCCC2=NC1=S. The number of hydrogen-bond acceptors (Lipinski definition) is 3. The molecule has 0 amide bonds. The molecule has 1 saturated carbocycles. The maximum absolute atomic E-state index is 9.31.